The fourth-order valence-corrected chi connectivity index (χ4v) is 2.74. The Morgan fingerprint density at radius 3 is 2.67 bits per heavy atom. The van der Waals surface area contributed by atoms with Crippen LogP contribution in [0.25, 0.3) is 0 Å². The molecule has 1 saturated heterocycles. The van der Waals surface area contributed by atoms with Crippen molar-refractivity contribution in [3.63, 3.8) is 0 Å². The van der Waals surface area contributed by atoms with Gasteiger partial charge in [-0.25, -0.2) is 0 Å². The van der Waals surface area contributed by atoms with Gasteiger partial charge in [-0.05, 0) is 36.4 Å². The number of aliphatic hydroxyl groups excluding tert-OH is 1. The minimum absolute atomic E-state index is 0.150. The molecule has 1 heterocycles. The van der Waals surface area contributed by atoms with Gasteiger partial charge in [0.15, 0.2) is 0 Å². The molecule has 2 rings (SSSR count). The molecule has 98 valence electrons. The third kappa shape index (κ3) is 3.90. The molecule has 1 N–H and O–H groups in total. The van der Waals surface area contributed by atoms with E-state index in [2.05, 4.69) is 0 Å². The van der Waals surface area contributed by atoms with Gasteiger partial charge in [0, 0.05) is 29.4 Å². The number of β-amino-alcohol motifs (C(OH)–C–C–N with tert-alkyl or cyclic N) is 1. The van der Waals surface area contributed by atoms with Crippen molar-refractivity contribution in [2.24, 2.45) is 0 Å². The first-order chi connectivity index (χ1) is 8.65. The van der Waals surface area contributed by atoms with Gasteiger partial charge in [-0.1, -0.05) is 11.6 Å². The number of likely N-dealkylation sites (tertiary alicyclic amines) is 1. The minimum Gasteiger partial charge on any atom is -0.389 e. The van der Waals surface area contributed by atoms with Gasteiger partial charge in [-0.15, -0.1) is 11.8 Å². The fourth-order valence-electron chi connectivity index (χ4n) is 1.76. The molecule has 0 saturated carbocycles. The summed E-state index contributed by atoms with van der Waals surface area (Å²) in [7, 11) is 0. The number of halogens is 1. The highest BCUT2D eigenvalue weighted by Gasteiger charge is 2.27. The van der Waals surface area contributed by atoms with E-state index in [4.69, 9.17) is 16.7 Å². The van der Waals surface area contributed by atoms with E-state index >= 15 is 0 Å². The Morgan fingerprint density at radius 2 is 2.06 bits per heavy atom. The lowest BCUT2D eigenvalue weighted by Crippen LogP contribution is -2.53. The van der Waals surface area contributed by atoms with Crippen LogP contribution < -0.4 is 0 Å². The highest BCUT2D eigenvalue weighted by molar-refractivity contribution is 7.99. The maximum Gasteiger partial charge on any atom is 0.222 e. The molecule has 5 heteroatoms. The van der Waals surface area contributed by atoms with E-state index in [1.165, 1.54) is 4.90 Å². The predicted octanol–water partition coefficient (Wildman–Crippen LogP) is 2.42. The van der Waals surface area contributed by atoms with Gasteiger partial charge in [-0.2, -0.15) is 0 Å². The van der Waals surface area contributed by atoms with Crippen molar-refractivity contribution in [3.05, 3.63) is 29.3 Å². The Bertz CT molecular complexity index is 404. The van der Waals surface area contributed by atoms with Crippen LogP contribution in [-0.4, -0.2) is 40.9 Å². The van der Waals surface area contributed by atoms with Crippen LogP contribution in [0, 0.1) is 0 Å². The molecular formula is C13H16ClNO2S. The maximum absolute atomic E-state index is 11.6. The summed E-state index contributed by atoms with van der Waals surface area (Å²) < 4.78 is 0. The molecule has 0 spiro atoms. The standard InChI is InChI=1S/C13H16ClNO2S/c14-10-3-5-12(6-4-10)18-7-1-2-13(17)15-8-11(16)9-15/h3-6,11,16H,1-2,7-9H2. The molecule has 0 atom stereocenters. The number of hydrogen-bond donors (Lipinski definition) is 1. The van der Waals surface area contributed by atoms with Crippen molar-refractivity contribution in [1.29, 1.82) is 0 Å². The van der Waals surface area contributed by atoms with Gasteiger partial charge in [-0.3, -0.25) is 4.79 Å². The molecular weight excluding hydrogens is 270 g/mol. The van der Waals surface area contributed by atoms with E-state index in [-0.39, 0.29) is 12.0 Å². The van der Waals surface area contributed by atoms with Crippen LogP contribution >= 0.6 is 23.4 Å². The highest BCUT2D eigenvalue weighted by atomic mass is 35.5. The van der Waals surface area contributed by atoms with Crippen molar-refractivity contribution in [1.82, 2.24) is 4.90 Å². The van der Waals surface area contributed by atoms with Crippen LogP contribution in [-0.2, 0) is 4.79 Å². The lowest BCUT2D eigenvalue weighted by atomic mass is 10.1. The SMILES string of the molecule is O=C(CCCSc1ccc(Cl)cc1)N1CC(O)C1. The van der Waals surface area contributed by atoms with Crippen molar-refractivity contribution >= 4 is 29.3 Å². The summed E-state index contributed by atoms with van der Waals surface area (Å²) in [6.07, 6.45) is 1.11. The second kappa shape index (κ2) is 6.45. The van der Waals surface area contributed by atoms with Gasteiger partial charge in [0.2, 0.25) is 5.91 Å². The predicted molar refractivity (Wildman–Crippen MR) is 74.0 cm³/mol. The summed E-state index contributed by atoms with van der Waals surface area (Å²) >= 11 is 7.53. The molecule has 3 nitrogen and oxygen atoms in total. The molecule has 0 unspecified atom stereocenters. The van der Waals surface area contributed by atoms with Gasteiger partial charge in [0.1, 0.15) is 0 Å². The van der Waals surface area contributed by atoms with E-state index in [0.717, 1.165) is 17.2 Å². The number of hydrogen-bond acceptors (Lipinski definition) is 3. The number of carbonyl (C=O) groups is 1. The largest absolute Gasteiger partial charge is 0.389 e. The number of rotatable bonds is 5. The zero-order valence-corrected chi connectivity index (χ0v) is 11.6. The summed E-state index contributed by atoms with van der Waals surface area (Å²) in [5, 5.41) is 9.84. The summed E-state index contributed by atoms with van der Waals surface area (Å²) in [5.74, 6) is 1.07. The summed E-state index contributed by atoms with van der Waals surface area (Å²) in [6, 6.07) is 7.72. The van der Waals surface area contributed by atoms with E-state index < -0.39 is 0 Å². The molecule has 0 radical (unpaired) electrons. The van der Waals surface area contributed by atoms with Gasteiger partial charge < -0.3 is 10.0 Å². The summed E-state index contributed by atoms with van der Waals surface area (Å²) in [6.45, 7) is 1.01. The minimum atomic E-state index is -0.308. The monoisotopic (exact) mass is 285 g/mol. The summed E-state index contributed by atoms with van der Waals surface area (Å²) in [4.78, 5) is 14.5. The van der Waals surface area contributed by atoms with Gasteiger partial charge in [0.05, 0.1) is 6.10 Å². The number of nitrogens with zero attached hydrogens (tertiary/aromatic N) is 1. The molecule has 1 aliphatic heterocycles. The smallest absolute Gasteiger partial charge is 0.222 e. The van der Waals surface area contributed by atoms with Crippen molar-refractivity contribution in [3.8, 4) is 0 Å². The molecule has 18 heavy (non-hydrogen) atoms. The number of amides is 1. The second-order valence-electron chi connectivity index (χ2n) is 4.36. The number of thioether (sulfide) groups is 1. The molecule has 1 aromatic carbocycles. The first-order valence-electron chi connectivity index (χ1n) is 5.99. The molecule has 0 aliphatic carbocycles. The normalized spacial score (nSPS) is 15.6. The van der Waals surface area contributed by atoms with Crippen LogP contribution in [0.4, 0.5) is 0 Å². The lowest BCUT2D eigenvalue weighted by Gasteiger charge is -2.35. The molecule has 1 fully saturated rings. The van der Waals surface area contributed by atoms with E-state index in [0.29, 0.717) is 19.5 Å². The van der Waals surface area contributed by atoms with Crippen molar-refractivity contribution < 1.29 is 9.90 Å². The quantitative estimate of drug-likeness (QED) is 0.667. The van der Waals surface area contributed by atoms with E-state index in [9.17, 15) is 4.79 Å². The Hall–Kier alpha value is -0.710. The second-order valence-corrected chi connectivity index (χ2v) is 5.96. The van der Waals surface area contributed by atoms with Crippen LogP contribution in [0.2, 0.25) is 5.02 Å². The average molecular weight is 286 g/mol. The van der Waals surface area contributed by atoms with Crippen LogP contribution in [0.5, 0.6) is 0 Å². The Morgan fingerprint density at radius 1 is 1.39 bits per heavy atom. The van der Waals surface area contributed by atoms with E-state index in [1.54, 1.807) is 16.7 Å². The number of carbonyl (C=O) groups excluding carboxylic acids is 1. The Balaban J connectivity index is 1.61. The zero-order valence-electron chi connectivity index (χ0n) is 10.0. The molecule has 1 aliphatic rings. The van der Waals surface area contributed by atoms with Crippen molar-refractivity contribution in [2.75, 3.05) is 18.8 Å². The summed E-state index contributed by atoms with van der Waals surface area (Å²) in [5.41, 5.74) is 0. The molecule has 0 aromatic heterocycles. The first kappa shape index (κ1) is 13.7. The third-order valence-electron chi connectivity index (χ3n) is 2.83. The molecule has 0 bridgehead atoms. The topological polar surface area (TPSA) is 40.5 Å². The average Bonchev–Trinajstić information content (AvgIpc) is 2.32. The Labute approximate surface area is 116 Å². The van der Waals surface area contributed by atoms with Gasteiger partial charge in [0.25, 0.3) is 0 Å². The number of aliphatic hydroxyl groups is 1. The zero-order chi connectivity index (χ0) is 13.0. The van der Waals surface area contributed by atoms with Crippen LogP contribution in [0.1, 0.15) is 12.8 Å². The Kier molecular flexibility index (Phi) is 4.92. The van der Waals surface area contributed by atoms with Crippen molar-refractivity contribution in [2.45, 2.75) is 23.8 Å². The first-order valence-corrected chi connectivity index (χ1v) is 7.36. The van der Waals surface area contributed by atoms with Gasteiger partial charge >= 0.3 is 0 Å². The maximum atomic E-state index is 11.6. The highest BCUT2D eigenvalue weighted by Crippen LogP contribution is 2.21. The fraction of sp³-hybridized carbons (Fsp3) is 0.462. The van der Waals surface area contributed by atoms with Crippen LogP contribution in [0.15, 0.2) is 29.2 Å². The van der Waals surface area contributed by atoms with E-state index in [1.807, 2.05) is 24.3 Å². The number of benzene rings is 1. The lowest BCUT2D eigenvalue weighted by molar-refractivity contribution is -0.141. The molecule has 1 amide bonds. The third-order valence-corrected chi connectivity index (χ3v) is 4.18. The molecule has 1 aromatic rings. The van der Waals surface area contributed by atoms with Crippen LogP contribution in [0.3, 0.4) is 0 Å².